The van der Waals surface area contributed by atoms with Crippen LogP contribution in [0.15, 0.2) is 28.2 Å². The lowest BCUT2D eigenvalue weighted by atomic mass is 10.1. The zero-order valence-electron chi connectivity index (χ0n) is 11.0. The molecule has 94 valence electrons. The standard InChI is InChI=1S/C15H22BrN/c1-4-8-17-11-13(5-2)9-14-7-6-12(3)15(16)10-14/h6-7,9-10,17H,4-5,8,11H2,1-3H3/b13-9+. The number of hydrogen-bond acceptors (Lipinski definition) is 1. The molecule has 0 aliphatic rings. The molecule has 2 heteroatoms. The van der Waals surface area contributed by atoms with E-state index in [2.05, 4.69) is 66.3 Å². The highest BCUT2D eigenvalue weighted by Gasteiger charge is 1.98. The van der Waals surface area contributed by atoms with E-state index in [0.29, 0.717) is 0 Å². The third-order valence-corrected chi connectivity index (χ3v) is 3.65. The Morgan fingerprint density at radius 2 is 2.12 bits per heavy atom. The molecule has 0 aliphatic heterocycles. The Balaban J connectivity index is 2.72. The summed E-state index contributed by atoms with van der Waals surface area (Å²) in [6.07, 6.45) is 4.57. The maximum atomic E-state index is 3.58. The summed E-state index contributed by atoms with van der Waals surface area (Å²) in [5.74, 6) is 0. The maximum absolute atomic E-state index is 3.58. The van der Waals surface area contributed by atoms with Crippen LogP contribution in [0.2, 0.25) is 0 Å². The van der Waals surface area contributed by atoms with Gasteiger partial charge in [0.2, 0.25) is 0 Å². The molecule has 0 unspecified atom stereocenters. The number of hydrogen-bond donors (Lipinski definition) is 1. The van der Waals surface area contributed by atoms with Gasteiger partial charge in [-0.1, -0.05) is 53.6 Å². The Labute approximate surface area is 113 Å². The molecule has 1 aromatic carbocycles. The largest absolute Gasteiger partial charge is 0.313 e. The molecule has 1 N–H and O–H groups in total. The Kier molecular flexibility index (Phi) is 6.53. The summed E-state index contributed by atoms with van der Waals surface area (Å²) in [6.45, 7) is 8.61. The molecule has 0 radical (unpaired) electrons. The van der Waals surface area contributed by atoms with Gasteiger partial charge in [0.15, 0.2) is 0 Å². The van der Waals surface area contributed by atoms with Crippen LogP contribution < -0.4 is 5.32 Å². The normalized spacial score (nSPS) is 11.9. The molecule has 0 aliphatic carbocycles. The van der Waals surface area contributed by atoms with E-state index in [1.807, 2.05) is 0 Å². The van der Waals surface area contributed by atoms with Gasteiger partial charge in [-0.3, -0.25) is 0 Å². The van der Waals surface area contributed by atoms with Crippen LogP contribution in [0.25, 0.3) is 6.08 Å². The van der Waals surface area contributed by atoms with Crippen LogP contribution in [0, 0.1) is 6.92 Å². The van der Waals surface area contributed by atoms with Gasteiger partial charge in [-0.25, -0.2) is 0 Å². The third kappa shape index (κ3) is 5.05. The smallest absolute Gasteiger partial charge is 0.0210 e. The summed E-state index contributed by atoms with van der Waals surface area (Å²) in [4.78, 5) is 0. The van der Waals surface area contributed by atoms with Crippen molar-refractivity contribution in [1.29, 1.82) is 0 Å². The van der Waals surface area contributed by atoms with Gasteiger partial charge in [-0.15, -0.1) is 0 Å². The van der Waals surface area contributed by atoms with Gasteiger partial charge >= 0.3 is 0 Å². The first kappa shape index (κ1) is 14.5. The molecule has 0 heterocycles. The average molecular weight is 296 g/mol. The Bertz CT molecular complexity index is 383. The Morgan fingerprint density at radius 3 is 2.71 bits per heavy atom. The van der Waals surface area contributed by atoms with Crippen molar-refractivity contribution in [2.75, 3.05) is 13.1 Å². The molecule has 0 fully saturated rings. The second-order valence-electron chi connectivity index (χ2n) is 4.34. The molecule has 0 spiro atoms. The molecular weight excluding hydrogens is 274 g/mol. The average Bonchev–Trinajstić information content (AvgIpc) is 2.32. The minimum Gasteiger partial charge on any atom is -0.313 e. The number of rotatable bonds is 6. The monoisotopic (exact) mass is 295 g/mol. The summed E-state index contributed by atoms with van der Waals surface area (Å²) in [5, 5.41) is 3.45. The summed E-state index contributed by atoms with van der Waals surface area (Å²) >= 11 is 3.58. The molecule has 0 atom stereocenters. The fourth-order valence-electron chi connectivity index (χ4n) is 1.64. The highest BCUT2D eigenvalue weighted by atomic mass is 79.9. The first-order chi connectivity index (χ1) is 8.17. The second kappa shape index (κ2) is 7.67. The summed E-state index contributed by atoms with van der Waals surface area (Å²) < 4.78 is 1.18. The van der Waals surface area contributed by atoms with E-state index < -0.39 is 0 Å². The van der Waals surface area contributed by atoms with Crippen LogP contribution >= 0.6 is 15.9 Å². The zero-order valence-corrected chi connectivity index (χ0v) is 12.6. The summed E-state index contributed by atoms with van der Waals surface area (Å²) in [6, 6.07) is 6.52. The molecule has 0 amide bonds. The van der Waals surface area contributed by atoms with Gasteiger partial charge in [0.05, 0.1) is 0 Å². The van der Waals surface area contributed by atoms with Crippen LogP contribution in [0.5, 0.6) is 0 Å². The van der Waals surface area contributed by atoms with Crippen LogP contribution in [-0.4, -0.2) is 13.1 Å². The van der Waals surface area contributed by atoms with Gasteiger partial charge in [-0.05, 0) is 43.5 Å². The Hall–Kier alpha value is -0.600. The van der Waals surface area contributed by atoms with Crippen molar-refractivity contribution < 1.29 is 0 Å². The molecule has 17 heavy (non-hydrogen) atoms. The Morgan fingerprint density at radius 1 is 1.35 bits per heavy atom. The van der Waals surface area contributed by atoms with Crippen molar-refractivity contribution in [2.24, 2.45) is 0 Å². The maximum Gasteiger partial charge on any atom is 0.0210 e. The number of halogens is 1. The highest BCUT2D eigenvalue weighted by Crippen LogP contribution is 2.19. The summed E-state index contributed by atoms with van der Waals surface area (Å²) in [5.41, 5.74) is 4.01. The fourth-order valence-corrected chi connectivity index (χ4v) is 2.03. The quantitative estimate of drug-likeness (QED) is 0.759. The summed E-state index contributed by atoms with van der Waals surface area (Å²) in [7, 11) is 0. The zero-order chi connectivity index (χ0) is 12.7. The van der Waals surface area contributed by atoms with Crippen LogP contribution in [0.1, 0.15) is 37.8 Å². The first-order valence-electron chi connectivity index (χ1n) is 6.33. The second-order valence-corrected chi connectivity index (χ2v) is 5.20. The lowest BCUT2D eigenvalue weighted by molar-refractivity contribution is 0.706. The van der Waals surface area contributed by atoms with Crippen molar-refractivity contribution in [3.63, 3.8) is 0 Å². The minimum absolute atomic E-state index is 0.996. The lowest BCUT2D eigenvalue weighted by Gasteiger charge is -2.07. The van der Waals surface area contributed by atoms with E-state index in [1.165, 1.54) is 27.6 Å². The van der Waals surface area contributed by atoms with E-state index in [1.54, 1.807) is 0 Å². The highest BCUT2D eigenvalue weighted by molar-refractivity contribution is 9.10. The molecule has 0 saturated heterocycles. The fraction of sp³-hybridized carbons (Fsp3) is 0.467. The van der Waals surface area contributed by atoms with E-state index in [4.69, 9.17) is 0 Å². The van der Waals surface area contributed by atoms with E-state index in [-0.39, 0.29) is 0 Å². The molecule has 1 aromatic rings. The van der Waals surface area contributed by atoms with E-state index in [0.717, 1.165) is 19.5 Å². The predicted octanol–water partition coefficient (Wildman–Crippen LogP) is 4.55. The number of aryl methyl sites for hydroxylation is 1. The third-order valence-electron chi connectivity index (χ3n) is 2.80. The van der Waals surface area contributed by atoms with Gasteiger partial charge in [0, 0.05) is 11.0 Å². The first-order valence-corrected chi connectivity index (χ1v) is 7.13. The predicted molar refractivity (Wildman–Crippen MR) is 80.3 cm³/mol. The lowest BCUT2D eigenvalue weighted by Crippen LogP contribution is -2.17. The van der Waals surface area contributed by atoms with Gasteiger partial charge in [0.25, 0.3) is 0 Å². The molecule has 0 bridgehead atoms. The molecule has 0 aromatic heterocycles. The van der Waals surface area contributed by atoms with Crippen molar-refractivity contribution in [3.05, 3.63) is 39.4 Å². The van der Waals surface area contributed by atoms with Crippen molar-refractivity contribution >= 4 is 22.0 Å². The minimum atomic E-state index is 0.996. The van der Waals surface area contributed by atoms with Crippen LogP contribution in [0.3, 0.4) is 0 Å². The molecule has 0 saturated carbocycles. The molecular formula is C15H22BrN. The van der Waals surface area contributed by atoms with Crippen LogP contribution in [-0.2, 0) is 0 Å². The van der Waals surface area contributed by atoms with Crippen molar-refractivity contribution in [2.45, 2.75) is 33.6 Å². The van der Waals surface area contributed by atoms with Crippen molar-refractivity contribution in [1.82, 2.24) is 5.32 Å². The topological polar surface area (TPSA) is 12.0 Å². The van der Waals surface area contributed by atoms with Gasteiger partial charge in [-0.2, -0.15) is 0 Å². The van der Waals surface area contributed by atoms with Gasteiger partial charge < -0.3 is 5.32 Å². The van der Waals surface area contributed by atoms with Crippen LogP contribution in [0.4, 0.5) is 0 Å². The van der Waals surface area contributed by atoms with Crippen molar-refractivity contribution in [3.8, 4) is 0 Å². The molecule has 1 rings (SSSR count). The van der Waals surface area contributed by atoms with E-state index >= 15 is 0 Å². The van der Waals surface area contributed by atoms with E-state index in [9.17, 15) is 0 Å². The SMILES string of the molecule is CCCNC/C(=C/c1ccc(C)c(Br)c1)CC. The number of benzene rings is 1. The number of nitrogens with one attached hydrogen (secondary N) is 1. The van der Waals surface area contributed by atoms with Gasteiger partial charge in [0.1, 0.15) is 0 Å². The molecule has 1 nitrogen and oxygen atoms in total.